The van der Waals surface area contributed by atoms with Crippen molar-refractivity contribution in [2.24, 2.45) is 0 Å². The van der Waals surface area contributed by atoms with Gasteiger partial charge in [-0.3, -0.25) is 4.79 Å². The summed E-state index contributed by atoms with van der Waals surface area (Å²) in [7, 11) is 0. The number of carbonyl (C=O) groups excluding carboxylic acids is 1. The Bertz CT molecular complexity index is 491. The quantitative estimate of drug-likeness (QED) is 0.815. The molecule has 76 valence electrons. The largest absolute Gasteiger partial charge is 0.506 e. The first-order chi connectivity index (χ1) is 7.20. The van der Waals surface area contributed by atoms with E-state index in [1.54, 1.807) is 24.3 Å². The molecule has 2 rings (SSSR count). The predicted octanol–water partition coefficient (Wildman–Crippen LogP) is 3.34. The molecule has 0 spiro atoms. The lowest BCUT2D eigenvalue weighted by Gasteiger charge is -2.02. The van der Waals surface area contributed by atoms with Crippen LogP contribution >= 0.6 is 22.9 Å². The summed E-state index contributed by atoms with van der Waals surface area (Å²) < 4.78 is 0. The van der Waals surface area contributed by atoms with Crippen LogP contribution in [0.5, 0.6) is 5.75 Å². The van der Waals surface area contributed by atoms with Crippen molar-refractivity contribution in [3.8, 4) is 5.75 Å². The molecule has 0 unspecified atom stereocenters. The maximum absolute atomic E-state index is 11.9. The first kappa shape index (κ1) is 10.2. The van der Waals surface area contributed by atoms with E-state index in [-0.39, 0.29) is 16.6 Å². The lowest BCUT2D eigenvalue weighted by molar-refractivity contribution is 0.104. The van der Waals surface area contributed by atoms with Crippen LogP contribution in [-0.2, 0) is 0 Å². The first-order valence-corrected chi connectivity index (χ1v) is 5.51. The summed E-state index contributed by atoms with van der Waals surface area (Å²) in [6.45, 7) is 0. The Morgan fingerprint density at radius 3 is 2.73 bits per heavy atom. The number of carbonyl (C=O) groups is 1. The molecular weight excluding hydrogens is 232 g/mol. The molecule has 0 aliphatic heterocycles. The molecule has 1 aromatic carbocycles. The highest BCUT2D eigenvalue weighted by atomic mass is 35.5. The van der Waals surface area contributed by atoms with Crippen molar-refractivity contribution in [3.63, 3.8) is 0 Å². The summed E-state index contributed by atoms with van der Waals surface area (Å²) in [6, 6.07) is 8.18. The van der Waals surface area contributed by atoms with E-state index in [0.29, 0.717) is 10.4 Å². The summed E-state index contributed by atoms with van der Waals surface area (Å²) in [6.07, 6.45) is 0. The highest BCUT2D eigenvalue weighted by molar-refractivity contribution is 7.12. The Kier molecular flexibility index (Phi) is 2.75. The normalized spacial score (nSPS) is 10.2. The van der Waals surface area contributed by atoms with Crippen LogP contribution in [0.4, 0.5) is 0 Å². The number of phenols is 1. The second kappa shape index (κ2) is 4.04. The van der Waals surface area contributed by atoms with Crippen molar-refractivity contribution < 1.29 is 9.90 Å². The molecule has 0 amide bonds. The number of benzene rings is 1. The number of halogens is 1. The van der Waals surface area contributed by atoms with Gasteiger partial charge < -0.3 is 5.11 Å². The van der Waals surface area contributed by atoms with Gasteiger partial charge in [-0.2, -0.15) is 0 Å². The van der Waals surface area contributed by atoms with E-state index < -0.39 is 0 Å². The van der Waals surface area contributed by atoms with Gasteiger partial charge in [0, 0.05) is 5.56 Å². The molecule has 0 aliphatic rings. The highest BCUT2D eigenvalue weighted by Gasteiger charge is 2.15. The molecule has 4 heteroatoms. The number of phenolic OH excluding ortho intramolecular Hbond substituents is 1. The number of ketones is 1. The minimum absolute atomic E-state index is 0.0703. The summed E-state index contributed by atoms with van der Waals surface area (Å²) >= 11 is 7.19. The molecule has 1 heterocycles. The molecule has 0 fully saturated rings. The highest BCUT2D eigenvalue weighted by Crippen LogP contribution is 2.29. The molecule has 0 bridgehead atoms. The molecule has 0 radical (unpaired) electrons. The zero-order chi connectivity index (χ0) is 10.8. The van der Waals surface area contributed by atoms with E-state index in [0.717, 1.165) is 0 Å². The summed E-state index contributed by atoms with van der Waals surface area (Å²) in [5.41, 5.74) is 0.333. The average molecular weight is 239 g/mol. The van der Waals surface area contributed by atoms with Crippen LogP contribution in [0.1, 0.15) is 15.2 Å². The summed E-state index contributed by atoms with van der Waals surface area (Å²) in [4.78, 5) is 12.5. The van der Waals surface area contributed by atoms with Crippen molar-refractivity contribution in [2.45, 2.75) is 0 Å². The van der Waals surface area contributed by atoms with Gasteiger partial charge in [-0.25, -0.2) is 0 Å². The van der Waals surface area contributed by atoms with Crippen LogP contribution in [0.3, 0.4) is 0 Å². The number of hydrogen-bond donors (Lipinski definition) is 1. The van der Waals surface area contributed by atoms with Crippen LogP contribution in [0.25, 0.3) is 0 Å². The maximum atomic E-state index is 11.9. The van der Waals surface area contributed by atoms with Crippen LogP contribution in [0, 0.1) is 0 Å². The molecule has 2 nitrogen and oxygen atoms in total. The van der Waals surface area contributed by atoms with Gasteiger partial charge in [0.1, 0.15) is 5.75 Å². The molecule has 1 aromatic heterocycles. The molecule has 2 aromatic rings. The van der Waals surface area contributed by atoms with E-state index in [1.165, 1.54) is 17.4 Å². The molecule has 1 N–H and O–H groups in total. The van der Waals surface area contributed by atoms with Crippen molar-refractivity contribution in [1.29, 1.82) is 0 Å². The third-order valence-electron chi connectivity index (χ3n) is 1.97. The van der Waals surface area contributed by atoms with Gasteiger partial charge in [-0.15, -0.1) is 11.3 Å². The standard InChI is InChI=1S/C11H7ClO2S/c12-10-7(3-1-4-8(10)13)11(14)9-5-2-6-15-9/h1-6,13H. The maximum Gasteiger partial charge on any atom is 0.204 e. The van der Waals surface area contributed by atoms with Gasteiger partial charge in [-0.05, 0) is 23.6 Å². The SMILES string of the molecule is O=C(c1cccs1)c1cccc(O)c1Cl. The molecule has 15 heavy (non-hydrogen) atoms. The summed E-state index contributed by atoms with van der Waals surface area (Å²) in [5.74, 6) is -0.232. The van der Waals surface area contributed by atoms with E-state index in [1.807, 2.05) is 5.38 Å². The fourth-order valence-electron chi connectivity index (χ4n) is 1.24. The van der Waals surface area contributed by atoms with Crippen molar-refractivity contribution in [3.05, 3.63) is 51.2 Å². The number of rotatable bonds is 2. The second-order valence-corrected chi connectivity index (χ2v) is 4.27. The molecule has 0 saturated heterocycles. The Balaban J connectivity index is 2.47. The Morgan fingerprint density at radius 1 is 1.27 bits per heavy atom. The topological polar surface area (TPSA) is 37.3 Å². The number of aromatic hydroxyl groups is 1. The number of thiophene rings is 1. The predicted molar refractivity (Wildman–Crippen MR) is 60.9 cm³/mol. The van der Waals surface area contributed by atoms with E-state index in [9.17, 15) is 9.90 Å². The average Bonchev–Trinajstić information content (AvgIpc) is 2.74. The Labute approximate surface area is 95.8 Å². The van der Waals surface area contributed by atoms with E-state index in [4.69, 9.17) is 11.6 Å². The molecular formula is C11H7ClO2S. The smallest absolute Gasteiger partial charge is 0.204 e. The molecule has 0 saturated carbocycles. The van der Waals surface area contributed by atoms with Gasteiger partial charge in [0.05, 0.1) is 9.90 Å². The van der Waals surface area contributed by atoms with Gasteiger partial charge in [0.15, 0.2) is 0 Å². The van der Waals surface area contributed by atoms with Crippen molar-refractivity contribution >= 4 is 28.7 Å². The minimum atomic E-state index is -0.161. The Hall–Kier alpha value is -1.32. The number of hydrogen-bond acceptors (Lipinski definition) is 3. The first-order valence-electron chi connectivity index (χ1n) is 4.26. The van der Waals surface area contributed by atoms with Gasteiger partial charge in [0.2, 0.25) is 5.78 Å². The van der Waals surface area contributed by atoms with Crippen molar-refractivity contribution in [1.82, 2.24) is 0 Å². The third-order valence-corrected chi connectivity index (χ3v) is 3.23. The third kappa shape index (κ3) is 1.89. The van der Waals surface area contributed by atoms with E-state index >= 15 is 0 Å². The van der Waals surface area contributed by atoms with Crippen molar-refractivity contribution in [2.75, 3.05) is 0 Å². The fourth-order valence-corrected chi connectivity index (χ4v) is 2.13. The van der Waals surface area contributed by atoms with Crippen LogP contribution in [-0.4, -0.2) is 10.9 Å². The van der Waals surface area contributed by atoms with Crippen LogP contribution in [0.15, 0.2) is 35.7 Å². The molecule has 0 aliphatic carbocycles. The van der Waals surface area contributed by atoms with Gasteiger partial charge in [-0.1, -0.05) is 23.7 Å². The Morgan fingerprint density at radius 2 is 2.07 bits per heavy atom. The minimum Gasteiger partial charge on any atom is -0.506 e. The fraction of sp³-hybridized carbons (Fsp3) is 0. The monoisotopic (exact) mass is 238 g/mol. The summed E-state index contributed by atoms with van der Waals surface area (Å²) in [5, 5.41) is 11.3. The van der Waals surface area contributed by atoms with Crippen LogP contribution in [0.2, 0.25) is 5.02 Å². The van der Waals surface area contributed by atoms with Crippen LogP contribution < -0.4 is 0 Å². The lowest BCUT2D eigenvalue weighted by atomic mass is 10.1. The van der Waals surface area contributed by atoms with Gasteiger partial charge >= 0.3 is 0 Å². The lowest BCUT2D eigenvalue weighted by Crippen LogP contribution is -1.99. The zero-order valence-corrected chi connectivity index (χ0v) is 9.18. The van der Waals surface area contributed by atoms with E-state index in [2.05, 4.69) is 0 Å². The molecule has 0 atom stereocenters. The van der Waals surface area contributed by atoms with Gasteiger partial charge in [0.25, 0.3) is 0 Å². The second-order valence-electron chi connectivity index (χ2n) is 2.95. The zero-order valence-electron chi connectivity index (χ0n) is 7.61.